The third-order valence-corrected chi connectivity index (χ3v) is 4.35. The van der Waals surface area contributed by atoms with Crippen molar-refractivity contribution in [3.63, 3.8) is 0 Å². The Bertz CT molecular complexity index is 400. The SMILES string of the molecule is CC1(C)CN(C(=O)N2CCC(C)(C(=O)O)CC2)CCO1. The minimum absolute atomic E-state index is 0.00816. The molecule has 0 aromatic heterocycles. The Morgan fingerprint density at radius 2 is 1.65 bits per heavy atom. The normalized spacial score (nSPS) is 25.4. The number of nitrogens with zero attached hydrogens (tertiary/aromatic N) is 2. The highest BCUT2D eigenvalue weighted by Crippen LogP contribution is 2.31. The van der Waals surface area contributed by atoms with Crippen LogP contribution in [0.15, 0.2) is 0 Å². The Hall–Kier alpha value is -1.30. The molecule has 6 nitrogen and oxygen atoms in total. The number of likely N-dealkylation sites (tertiary alicyclic amines) is 1. The van der Waals surface area contributed by atoms with Gasteiger partial charge in [0.2, 0.25) is 0 Å². The Labute approximate surface area is 119 Å². The van der Waals surface area contributed by atoms with Crippen molar-refractivity contribution in [1.82, 2.24) is 9.80 Å². The summed E-state index contributed by atoms with van der Waals surface area (Å²) in [5.74, 6) is -0.767. The van der Waals surface area contributed by atoms with Gasteiger partial charge in [0.1, 0.15) is 0 Å². The van der Waals surface area contributed by atoms with Gasteiger partial charge in [-0.15, -0.1) is 0 Å². The van der Waals surface area contributed by atoms with Crippen LogP contribution in [0.25, 0.3) is 0 Å². The maximum atomic E-state index is 12.5. The largest absolute Gasteiger partial charge is 0.481 e. The molecule has 2 fully saturated rings. The van der Waals surface area contributed by atoms with Crippen molar-refractivity contribution in [3.8, 4) is 0 Å². The zero-order valence-corrected chi connectivity index (χ0v) is 12.5. The van der Waals surface area contributed by atoms with E-state index in [0.29, 0.717) is 45.6 Å². The molecule has 114 valence electrons. The molecule has 2 rings (SSSR count). The summed E-state index contributed by atoms with van der Waals surface area (Å²) in [6, 6.07) is 0.00816. The zero-order valence-electron chi connectivity index (χ0n) is 12.5. The highest BCUT2D eigenvalue weighted by molar-refractivity contribution is 5.77. The lowest BCUT2D eigenvalue weighted by Gasteiger charge is -2.43. The number of hydrogen-bond donors (Lipinski definition) is 1. The summed E-state index contributed by atoms with van der Waals surface area (Å²) in [6.07, 6.45) is 1.03. The van der Waals surface area contributed by atoms with Gasteiger partial charge >= 0.3 is 12.0 Å². The van der Waals surface area contributed by atoms with E-state index in [1.54, 1.807) is 11.8 Å². The summed E-state index contributed by atoms with van der Waals surface area (Å²) < 4.78 is 5.61. The van der Waals surface area contributed by atoms with E-state index in [0.717, 1.165) is 0 Å². The zero-order chi connectivity index (χ0) is 15.0. The molecular weight excluding hydrogens is 260 g/mol. The summed E-state index contributed by atoms with van der Waals surface area (Å²) in [5.41, 5.74) is -1.000. The number of carboxylic acids is 1. The van der Waals surface area contributed by atoms with E-state index in [4.69, 9.17) is 4.74 Å². The van der Waals surface area contributed by atoms with Crippen molar-refractivity contribution in [2.24, 2.45) is 5.41 Å². The molecule has 6 heteroatoms. The Kier molecular flexibility index (Phi) is 3.95. The van der Waals surface area contributed by atoms with Crippen LogP contribution in [0.4, 0.5) is 4.79 Å². The average molecular weight is 284 g/mol. The first-order valence-electron chi connectivity index (χ1n) is 7.15. The van der Waals surface area contributed by atoms with Gasteiger partial charge in [-0.25, -0.2) is 4.79 Å². The summed E-state index contributed by atoms with van der Waals surface area (Å²) in [7, 11) is 0. The van der Waals surface area contributed by atoms with Gasteiger partial charge in [0.25, 0.3) is 0 Å². The fraction of sp³-hybridized carbons (Fsp3) is 0.857. The first-order chi connectivity index (χ1) is 9.23. The number of carbonyl (C=O) groups is 2. The molecule has 1 N–H and O–H groups in total. The topological polar surface area (TPSA) is 70.1 Å². The highest BCUT2D eigenvalue weighted by atomic mass is 16.5. The number of carboxylic acid groups (broad SMARTS) is 1. The molecular formula is C14H24N2O4. The molecule has 2 amide bonds. The van der Waals surface area contributed by atoms with Crippen LogP contribution in [0.1, 0.15) is 33.6 Å². The van der Waals surface area contributed by atoms with Crippen molar-refractivity contribution >= 4 is 12.0 Å². The highest BCUT2D eigenvalue weighted by Gasteiger charge is 2.40. The predicted octanol–water partition coefficient (Wildman–Crippen LogP) is 1.40. The fourth-order valence-electron chi connectivity index (χ4n) is 2.79. The number of amides is 2. The molecule has 0 atom stereocenters. The fourth-order valence-corrected chi connectivity index (χ4v) is 2.79. The second-order valence-electron chi connectivity index (χ2n) is 6.67. The van der Waals surface area contributed by atoms with E-state index in [1.807, 2.05) is 18.7 Å². The first kappa shape index (κ1) is 15.1. The van der Waals surface area contributed by atoms with Gasteiger partial charge in [-0.1, -0.05) is 0 Å². The molecule has 0 saturated carbocycles. The van der Waals surface area contributed by atoms with Crippen LogP contribution in [-0.4, -0.2) is 65.3 Å². The van der Waals surface area contributed by atoms with Crippen molar-refractivity contribution in [2.75, 3.05) is 32.8 Å². The molecule has 2 aliphatic rings. The summed E-state index contributed by atoms with van der Waals surface area (Å²) >= 11 is 0. The Morgan fingerprint density at radius 3 is 2.15 bits per heavy atom. The standard InChI is InChI=1S/C14H24N2O4/c1-13(2)10-16(8-9-20-13)12(19)15-6-4-14(3,5-7-15)11(17)18/h4-10H2,1-3H3,(H,17,18). The summed E-state index contributed by atoms with van der Waals surface area (Å²) in [6.45, 7) is 8.48. The van der Waals surface area contributed by atoms with Crippen LogP contribution in [0.5, 0.6) is 0 Å². The molecule has 0 spiro atoms. The Morgan fingerprint density at radius 1 is 1.05 bits per heavy atom. The lowest BCUT2D eigenvalue weighted by Crippen LogP contribution is -2.56. The molecule has 0 unspecified atom stereocenters. The van der Waals surface area contributed by atoms with Crippen LogP contribution >= 0.6 is 0 Å². The smallest absolute Gasteiger partial charge is 0.320 e. The van der Waals surface area contributed by atoms with Gasteiger partial charge in [0, 0.05) is 19.6 Å². The van der Waals surface area contributed by atoms with Gasteiger partial charge in [-0.3, -0.25) is 4.79 Å². The van der Waals surface area contributed by atoms with E-state index in [-0.39, 0.29) is 11.6 Å². The van der Waals surface area contributed by atoms with E-state index >= 15 is 0 Å². The second kappa shape index (κ2) is 5.24. The van der Waals surface area contributed by atoms with Crippen molar-refractivity contribution < 1.29 is 19.4 Å². The molecule has 0 bridgehead atoms. The van der Waals surface area contributed by atoms with Gasteiger partial charge in [0.15, 0.2) is 0 Å². The minimum atomic E-state index is -0.767. The number of hydrogen-bond acceptors (Lipinski definition) is 3. The maximum Gasteiger partial charge on any atom is 0.320 e. The number of carbonyl (C=O) groups excluding carboxylic acids is 1. The van der Waals surface area contributed by atoms with Crippen molar-refractivity contribution in [1.29, 1.82) is 0 Å². The second-order valence-corrected chi connectivity index (χ2v) is 6.67. The van der Waals surface area contributed by atoms with E-state index in [9.17, 15) is 14.7 Å². The van der Waals surface area contributed by atoms with Crippen molar-refractivity contribution in [3.05, 3.63) is 0 Å². The van der Waals surface area contributed by atoms with E-state index in [2.05, 4.69) is 0 Å². The van der Waals surface area contributed by atoms with Crippen LogP contribution in [-0.2, 0) is 9.53 Å². The molecule has 0 radical (unpaired) electrons. The molecule has 0 aromatic rings. The third-order valence-electron chi connectivity index (χ3n) is 4.35. The van der Waals surface area contributed by atoms with E-state index in [1.165, 1.54) is 0 Å². The summed E-state index contributed by atoms with van der Waals surface area (Å²) in [4.78, 5) is 27.3. The third kappa shape index (κ3) is 3.06. The predicted molar refractivity (Wildman–Crippen MR) is 73.5 cm³/mol. The number of piperidine rings is 1. The summed E-state index contributed by atoms with van der Waals surface area (Å²) in [5, 5.41) is 9.21. The average Bonchev–Trinajstić information content (AvgIpc) is 2.37. The molecule has 0 aliphatic carbocycles. The van der Waals surface area contributed by atoms with Gasteiger partial charge < -0.3 is 19.6 Å². The van der Waals surface area contributed by atoms with E-state index < -0.39 is 11.4 Å². The number of urea groups is 1. The number of ether oxygens (including phenoxy) is 1. The van der Waals surface area contributed by atoms with Crippen LogP contribution in [0, 0.1) is 5.41 Å². The maximum absolute atomic E-state index is 12.5. The number of morpholine rings is 1. The lowest BCUT2D eigenvalue weighted by atomic mass is 9.80. The molecule has 20 heavy (non-hydrogen) atoms. The lowest BCUT2D eigenvalue weighted by molar-refractivity contribution is -0.150. The minimum Gasteiger partial charge on any atom is -0.481 e. The Balaban J connectivity index is 1.93. The molecule has 2 heterocycles. The van der Waals surface area contributed by atoms with Crippen molar-refractivity contribution in [2.45, 2.75) is 39.2 Å². The number of rotatable bonds is 1. The molecule has 2 saturated heterocycles. The molecule has 0 aromatic carbocycles. The van der Waals surface area contributed by atoms with Crippen LogP contribution in [0.3, 0.4) is 0 Å². The molecule has 2 aliphatic heterocycles. The first-order valence-corrected chi connectivity index (χ1v) is 7.15. The van der Waals surface area contributed by atoms with Crippen LogP contribution < -0.4 is 0 Å². The number of aliphatic carboxylic acids is 1. The monoisotopic (exact) mass is 284 g/mol. The van der Waals surface area contributed by atoms with Gasteiger partial charge in [0.05, 0.1) is 24.2 Å². The quantitative estimate of drug-likeness (QED) is 0.790. The van der Waals surface area contributed by atoms with Gasteiger partial charge in [-0.05, 0) is 33.6 Å². The van der Waals surface area contributed by atoms with Gasteiger partial charge in [-0.2, -0.15) is 0 Å². The van der Waals surface area contributed by atoms with Crippen LogP contribution in [0.2, 0.25) is 0 Å².